The maximum absolute atomic E-state index is 8.69. The molecule has 1 aromatic rings. The highest BCUT2D eigenvalue weighted by atomic mass is 16.3. The first-order chi connectivity index (χ1) is 5.65. The molecule has 0 aliphatic heterocycles. The Bertz CT molecular complexity index is 261. The summed E-state index contributed by atoms with van der Waals surface area (Å²) in [6, 6.07) is 0. The van der Waals surface area contributed by atoms with Crippen LogP contribution in [0.5, 0.6) is 0 Å². The van der Waals surface area contributed by atoms with Crippen LogP contribution >= 0.6 is 0 Å². The molecule has 1 N–H and O–H groups in total. The molecule has 3 heteroatoms. The Balaban J connectivity index is 3.04. The molecule has 0 aliphatic rings. The second-order valence-corrected chi connectivity index (χ2v) is 2.91. The average molecular weight is 166 g/mol. The van der Waals surface area contributed by atoms with Crippen LogP contribution in [0.15, 0.2) is 0 Å². The SMILES string of the molecule is Cc1nc(CCO)nc(C)c1C. The first-order valence-electron chi connectivity index (χ1n) is 4.06. The van der Waals surface area contributed by atoms with Gasteiger partial charge in [0, 0.05) is 17.8 Å². The Labute approximate surface area is 72.5 Å². The Hall–Kier alpha value is -0.960. The van der Waals surface area contributed by atoms with Crippen molar-refractivity contribution in [3.8, 4) is 0 Å². The maximum Gasteiger partial charge on any atom is 0.131 e. The quantitative estimate of drug-likeness (QED) is 0.711. The first-order valence-corrected chi connectivity index (χ1v) is 4.06. The van der Waals surface area contributed by atoms with E-state index in [-0.39, 0.29) is 6.61 Å². The predicted octanol–water partition coefficient (Wildman–Crippen LogP) is 0.937. The van der Waals surface area contributed by atoms with Gasteiger partial charge in [-0.2, -0.15) is 0 Å². The van der Waals surface area contributed by atoms with E-state index in [0.717, 1.165) is 22.8 Å². The largest absolute Gasteiger partial charge is 0.396 e. The van der Waals surface area contributed by atoms with Crippen molar-refractivity contribution in [1.29, 1.82) is 0 Å². The number of aliphatic hydroxyl groups is 1. The van der Waals surface area contributed by atoms with Crippen molar-refractivity contribution in [3.63, 3.8) is 0 Å². The zero-order valence-corrected chi connectivity index (χ0v) is 7.76. The first kappa shape index (κ1) is 9.13. The highest BCUT2D eigenvalue weighted by Gasteiger charge is 2.02. The molecule has 0 atom stereocenters. The summed E-state index contributed by atoms with van der Waals surface area (Å²) in [7, 11) is 0. The van der Waals surface area contributed by atoms with Crippen molar-refractivity contribution >= 4 is 0 Å². The molecule has 12 heavy (non-hydrogen) atoms. The van der Waals surface area contributed by atoms with Crippen LogP contribution < -0.4 is 0 Å². The lowest BCUT2D eigenvalue weighted by Crippen LogP contribution is -2.04. The molecule has 1 heterocycles. The number of aryl methyl sites for hydroxylation is 2. The summed E-state index contributed by atoms with van der Waals surface area (Å²) in [5.74, 6) is 0.734. The third-order valence-corrected chi connectivity index (χ3v) is 2.01. The summed E-state index contributed by atoms with van der Waals surface area (Å²) in [4.78, 5) is 8.50. The number of hydrogen-bond donors (Lipinski definition) is 1. The molecule has 0 saturated heterocycles. The normalized spacial score (nSPS) is 10.3. The molecule has 1 aromatic heterocycles. The Morgan fingerprint density at radius 3 is 2.00 bits per heavy atom. The summed E-state index contributed by atoms with van der Waals surface area (Å²) in [5, 5.41) is 8.69. The molecule has 0 unspecified atom stereocenters. The van der Waals surface area contributed by atoms with Gasteiger partial charge in [-0.1, -0.05) is 0 Å². The van der Waals surface area contributed by atoms with Crippen molar-refractivity contribution in [3.05, 3.63) is 22.8 Å². The van der Waals surface area contributed by atoms with Crippen molar-refractivity contribution in [2.75, 3.05) is 6.61 Å². The van der Waals surface area contributed by atoms with Gasteiger partial charge in [-0.25, -0.2) is 9.97 Å². The van der Waals surface area contributed by atoms with Gasteiger partial charge in [0.1, 0.15) is 5.82 Å². The Morgan fingerprint density at radius 2 is 1.58 bits per heavy atom. The standard InChI is InChI=1S/C9H14N2O/c1-6-7(2)10-9(4-5-12)11-8(6)3/h12H,4-5H2,1-3H3. The van der Waals surface area contributed by atoms with Gasteiger partial charge < -0.3 is 5.11 Å². The molecular weight excluding hydrogens is 152 g/mol. The minimum Gasteiger partial charge on any atom is -0.396 e. The van der Waals surface area contributed by atoms with Crippen LogP contribution in [0, 0.1) is 20.8 Å². The van der Waals surface area contributed by atoms with Gasteiger partial charge in [-0.15, -0.1) is 0 Å². The number of rotatable bonds is 2. The molecule has 1 rings (SSSR count). The van der Waals surface area contributed by atoms with Crippen LogP contribution in [0.3, 0.4) is 0 Å². The van der Waals surface area contributed by atoms with Gasteiger partial charge in [-0.3, -0.25) is 0 Å². The van der Waals surface area contributed by atoms with Crippen molar-refractivity contribution in [2.24, 2.45) is 0 Å². The average Bonchev–Trinajstić information content (AvgIpc) is 2.01. The molecule has 0 spiro atoms. The predicted molar refractivity (Wildman–Crippen MR) is 47.0 cm³/mol. The van der Waals surface area contributed by atoms with E-state index in [1.165, 1.54) is 0 Å². The van der Waals surface area contributed by atoms with Gasteiger partial charge in [-0.05, 0) is 26.3 Å². The second-order valence-electron chi connectivity index (χ2n) is 2.91. The molecule has 3 nitrogen and oxygen atoms in total. The van der Waals surface area contributed by atoms with Gasteiger partial charge in [0.25, 0.3) is 0 Å². The van der Waals surface area contributed by atoms with E-state index >= 15 is 0 Å². The smallest absolute Gasteiger partial charge is 0.131 e. The molecule has 0 aliphatic carbocycles. The fourth-order valence-electron chi connectivity index (χ4n) is 1.05. The third kappa shape index (κ3) is 1.80. The topological polar surface area (TPSA) is 46.0 Å². The van der Waals surface area contributed by atoms with Crippen LogP contribution in [0.25, 0.3) is 0 Å². The van der Waals surface area contributed by atoms with E-state index in [1.807, 2.05) is 20.8 Å². The second kappa shape index (κ2) is 3.63. The van der Waals surface area contributed by atoms with Gasteiger partial charge in [0.15, 0.2) is 0 Å². The zero-order chi connectivity index (χ0) is 9.14. The number of hydrogen-bond acceptors (Lipinski definition) is 3. The molecular formula is C9H14N2O. The highest BCUT2D eigenvalue weighted by Crippen LogP contribution is 2.07. The van der Waals surface area contributed by atoms with Crippen LogP contribution in [0.4, 0.5) is 0 Å². The lowest BCUT2D eigenvalue weighted by molar-refractivity contribution is 0.296. The van der Waals surface area contributed by atoms with E-state index in [4.69, 9.17) is 5.11 Å². The summed E-state index contributed by atoms with van der Waals surface area (Å²) in [6.45, 7) is 6.05. The van der Waals surface area contributed by atoms with E-state index in [1.54, 1.807) is 0 Å². The molecule has 0 amide bonds. The van der Waals surface area contributed by atoms with E-state index < -0.39 is 0 Å². The monoisotopic (exact) mass is 166 g/mol. The molecule has 0 saturated carbocycles. The minimum absolute atomic E-state index is 0.113. The lowest BCUT2D eigenvalue weighted by Gasteiger charge is -2.05. The van der Waals surface area contributed by atoms with Crippen LogP contribution in [-0.2, 0) is 6.42 Å². The fraction of sp³-hybridized carbons (Fsp3) is 0.556. The molecule has 0 aromatic carbocycles. The van der Waals surface area contributed by atoms with Crippen LogP contribution in [-0.4, -0.2) is 21.7 Å². The molecule has 0 fully saturated rings. The van der Waals surface area contributed by atoms with Gasteiger partial charge in [0.05, 0.1) is 6.61 Å². The summed E-state index contributed by atoms with van der Waals surface area (Å²) in [6.07, 6.45) is 0.544. The van der Waals surface area contributed by atoms with Crippen LogP contribution in [0.1, 0.15) is 22.8 Å². The maximum atomic E-state index is 8.69. The molecule has 0 radical (unpaired) electrons. The Kier molecular flexibility index (Phi) is 2.76. The highest BCUT2D eigenvalue weighted by molar-refractivity contribution is 5.22. The van der Waals surface area contributed by atoms with E-state index in [2.05, 4.69) is 9.97 Å². The summed E-state index contributed by atoms with van der Waals surface area (Å²) >= 11 is 0. The van der Waals surface area contributed by atoms with E-state index in [0.29, 0.717) is 6.42 Å². The van der Waals surface area contributed by atoms with Gasteiger partial charge in [0.2, 0.25) is 0 Å². The lowest BCUT2D eigenvalue weighted by atomic mass is 10.2. The van der Waals surface area contributed by atoms with Gasteiger partial charge >= 0.3 is 0 Å². The molecule has 0 bridgehead atoms. The van der Waals surface area contributed by atoms with Crippen molar-refractivity contribution in [1.82, 2.24) is 9.97 Å². The number of nitrogens with zero attached hydrogens (tertiary/aromatic N) is 2. The zero-order valence-electron chi connectivity index (χ0n) is 7.76. The number of aliphatic hydroxyl groups excluding tert-OH is 1. The number of aromatic nitrogens is 2. The third-order valence-electron chi connectivity index (χ3n) is 2.01. The van der Waals surface area contributed by atoms with E-state index in [9.17, 15) is 0 Å². The summed E-state index contributed by atoms with van der Waals surface area (Å²) in [5.41, 5.74) is 3.15. The Morgan fingerprint density at radius 1 is 1.08 bits per heavy atom. The van der Waals surface area contributed by atoms with Crippen LogP contribution in [0.2, 0.25) is 0 Å². The van der Waals surface area contributed by atoms with Crippen molar-refractivity contribution < 1.29 is 5.11 Å². The summed E-state index contributed by atoms with van der Waals surface area (Å²) < 4.78 is 0. The van der Waals surface area contributed by atoms with Crippen molar-refractivity contribution in [2.45, 2.75) is 27.2 Å². The molecule has 66 valence electrons. The minimum atomic E-state index is 0.113. The fourth-order valence-corrected chi connectivity index (χ4v) is 1.05.